The van der Waals surface area contributed by atoms with Gasteiger partial charge in [0, 0.05) is 6.42 Å². The molecule has 0 spiro atoms. The molecule has 2 aromatic carbocycles. The average Bonchev–Trinajstić information content (AvgIpc) is 2.62. The fraction of sp³-hybridized carbons (Fsp3) is 0.300. The summed E-state index contributed by atoms with van der Waals surface area (Å²) in [5.74, 6) is 0.493. The molecule has 0 N–H and O–H groups in total. The highest BCUT2D eigenvalue weighted by Crippen LogP contribution is 2.25. The van der Waals surface area contributed by atoms with Gasteiger partial charge in [0.15, 0.2) is 0 Å². The van der Waals surface area contributed by atoms with E-state index in [9.17, 15) is 9.59 Å². The van der Waals surface area contributed by atoms with Crippen molar-refractivity contribution in [3.8, 4) is 22.6 Å². The zero-order valence-electron chi connectivity index (χ0n) is 14.2. The van der Waals surface area contributed by atoms with Crippen LogP contribution in [0.25, 0.3) is 11.1 Å². The molecule has 2 aromatic rings. The summed E-state index contributed by atoms with van der Waals surface area (Å²) in [6.45, 7) is 5.56. The van der Waals surface area contributed by atoms with E-state index in [0.717, 1.165) is 17.5 Å². The molecule has 126 valence electrons. The van der Waals surface area contributed by atoms with Crippen molar-refractivity contribution in [2.45, 2.75) is 33.6 Å². The Hall–Kier alpha value is -2.62. The molecule has 0 saturated carbocycles. The first-order chi connectivity index (χ1) is 11.5. The summed E-state index contributed by atoms with van der Waals surface area (Å²) in [4.78, 5) is 23.1. The molecule has 0 saturated heterocycles. The van der Waals surface area contributed by atoms with E-state index in [4.69, 9.17) is 9.47 Å². The van der Waals surface area contributed by atoms with Crippen molar-refractivity contribution in [2.24, 2.45) is 5.92 Å². The smallest absolute Gasteiger partial charge is 0.314 e. The van der Waals surface area contributed by atoms with Crippen molar-refractivity contribution < 1.29 is 19.1 Å². The van der Waals surface area contributed by atoms with Gasteiger partial charge in [-0.3, -0.25) is 9.59 Å². The highest BCUT2D eigenvalue weighted by Gasteiger charge is 2.13. The highest BCUT2D eigenvalue weighted by molar-refractivity contribution is 5.75. The van der Waals surface area contributed by atoms with Crippen LogP contribution in [0.4, 0.5) is 0 Å². The Kier molecular flexibility index (Phi) is 6.13. The van der Waals surface area contributed by atoms with E-state index in [1.807, 2.05) is 38.1 Å². The number of hydrogen-bond acceptors (Lipinski definition) is 4. The lowest BCUT2D eigenvalue weighted by Gasteiger charge is -2.10. The number of hydrogen-bond donors (Lipinski definition) is 0. The maximum absolute atomic E-state index is 11.8. The van der Waals surface area contributed by atoms with Crippen LogP contribution < -0.4 is 9.47 Å². The predicted octanol–water partition coefficient (Wildman–Crippen LogP) is 4.62. The van der Waals surface area contributed by atoms with Gasteiger partial charge in [0.25, 0.3) is 0 Å². The van der Waals surface area contributed by atoms with E-state index in [1.165, 1.54) is 0 Å². The van der Waals surface area contributed by atoms with Crippen molar-refractivity contribution in [1.82, 2.24) is 0 Å². The van der Waals surface area contributed by atoms with Gasteiger partial charge in [0.2, 0.25) is 0 Å². The zero-order chi connectivity index (χ0) is 17.5. The minimum atomic E-state index is -0.254. The van der Waals surface area contributed by atoms with E-state index in [1.54, 1.807) is 31.2 Å². The molecule has 1 unspecified atom stereocenters. The molecule has 0 aliphatic heterocycles. The highest BCUT2D eigenvalue weighted by atomic mass is 16.5. The summed E-state index contributed by atoms with van der Waals surface area (Å²) >= 11 is 0. The van der Waals surface area contributed by atoms with E-state index in [0.29, 0.717) is 17.9 Å². The maximum Gasteiger partial charge on any atom is 0.314 e. The number of esters is 2. The first-order valence-corrected chi connectivity index (χ1v) is 8.16. The topological polar surface area (TPSA) is 52.6 Å². The third-order valence-electron chi connectivity index (χ3n) is 3.80. The Bertz CT molecular complexity index is 687. The number of ether oxygens (including phenoxy) is 2. The number of rotatable bonds is 6. The van der Waals surface area contributed by atoms with Crippen LogP contribution in [-0.4, -0.2) is 11.9 Å². The van der Waals surface area contributed by atoms with E-state index in [-0.39, 0.29) is 17.9 Å². The van der Waals surface area contributed by atoms with Crippen LogP contribution >= 0.6 is 0 Å². The van der Waals surface area contributed by atoms with E-state index < -0.39 is 0 Å². The van der Waals surface area contributed by atoms with E-state index in [2.05, 4.69) is 0 Å². The molecular formula is C20H22O4. The molecule has 0 aliphatic carbocycles. The van der Waals surface area contributed by atoms with Crippen LogP contribution in [0.5, 0.6) is 11.5 Å². The lowest BCUT2D eigenvalue weighted by atomic mass is 10.1. The molecule has 4 heteroatoms. The predicted molar refractivity (Wildman–Crippen MR) is 92.9 cm³/mol. The summed E-state index contributed by atoms with van der Waals surface area (Å²) in [6.07, 6.45) is 1.10. The minimum absolute atomic E-state index is 0.108. The molecule has 1 atom stereocenters. The number of benzene rings is 2. The molecule has 0 heterocycles. The summed E-state index contributed by atoms with van der Waals surface area (Å²) in [5, 5.41) is 0. The van der Waals surface area contributed by atoms with Crippen LogP contribution in [-0.2, 0) is 9.59 Å². The second kappa shape index (κ2) is 8.29. The van der Waals surface area contributed by atoms with Gasteiger partial charge >= 0.3 is 11.9 Å². The Balaban J connectivity index is 2.05. The summed E-state index contributed by atoms with van der Waals surface area (Å²) < 4.78 is 10.5. The quantitative estimate of drug-likeness (QED) is 0.574. The summed E-state index contributed by atoms with van der Waals surface area (Å²) in [5.41, 5.74) is 1.98. The van der Waals surface area contributed by atoms with Gasteiger partial charge in [-0.1, -0.05) is 45.0 Å². The number of carbonyl (C=O) groups excluding carboxylic acids is 2. The van der Waals surface area contributed by atoms with Crippen LogP contribution in [0.2, 0.25) is 0 Å². The Morgan fingerprint density at radius 3 is 1.71 bits per heavy atom. The molecule has 0 radical (unpaired) electrons. The molecule has 2 rings (SSSR count). The van der Waals surface area contributed by atoms with Gasteiger partial charge in [0.05, 0.1) is 5.92 Å². The van der Waals surface area contributed by atoms with Gasteiger partial charge in [-0.15, -0.1) is 0 Å². The number of carbonyl (C=O) groups is 2. The van der Waals surface area contributed by atoms with Crippen molar-refractivity contribution in [2.75, 3.05) is 0 Å². The molecule has 0 fully saturated rings. The van der Waals surface area contributed by atoms with Crippen LogP contribution in [0.15, 0.2) is 48.5 Å². The normalized spacial score (nSPS) is 11.6. The molecule has 0 amide bonds. The first kappa shape index (κ1) is 17.7. The van der Waals surface area contributed by atoms with Crippen molar-refractivity contribution in [1.29, 1.82) is 0 Å². The lowest BCUT2D eigenvalue weighted by molar-refractivity contribution is -0.138. The van der Waals surface area contributed by atoms with Gasteiger partial charge in [-0.05, 0) is 41.8 Å². The Morgan fingerprint density at radius 2 is 1.29 bits per heavy atom. The Labute approximate surface area is 142 Å². The standard InChI is InChI=1S/C20H22O4/c1-4-14(3)20(22)24-18-12-8-16(9-13-18)15-6-10-17(11-7-15)23-19(21)5-2/h6-14H,4-5H2,1-3H3. The van der Waals surface area contributed by atoms with Crippen molar-refractivity contribution in [3.63, 3.8) is 0 Å². The molecule has 4 nitrogen and oxygen atoms in total. The SMILES string of the molecule is CCC(=O)Oc1ccc(-c2ccc(OC(=O)C(C)CC)cc2)cc1. The van der Waals surface area contributed by atoms with Gasteiger partial charge in [-0.2, -0.15) is 0 Å². The summed E-state index contributed by atoms with van der Waals surface area (Å²) in [6, 6.07) is 14.6. The second-order valence-electron chi connectivity index (χ2n) is 5.61. The van der Waals surface area contributed by atoms with Crippen LogP contribution in [0.3, 0.4) is 0 Å². The fourth-order valence-corrected chi connectivity index (χ4v) is 2.02. The molecular weight excluding hydrogens is 304 g/mol. The third-order valence-corrected chi connectivity index (χ3v) is 3.80. The minimum Gasteiger partial charge on any atom is -0.427 e. The zero-order valence-corrected chi connectivity index (χ0v) is 14.2. The second-order valence-corrected chi connectivity index (χ2v) is 5.61. The lowest BCUT2D eigenvalue weighted by Crippen LogP contribution is -2.16. The fourth-order valence-electron chi connectivity index (χ4n) is 2.02. The van der Waals surface area contributed by atoms with Gasteiger partial charge in [0.1, 0.15) is 11.5 Å². The average molecular weight is 326 g/mol. The van der Waals surface area contributed by atoms with Gasteiger partial charge in [-0.25, -0.2) is 0 Å². The Morgan fingerprint density at radius 1 is 0.833 bits per heavy atom. The maximum atomic E-state index is 11.8. The van der Waals surface area contributed by atoms with Crippen LogP contribution in [0, 0.1) is 5.92 Å². The van der Waals surface area contributed by atoms with Crippen LogP contribution in [0.1, 0.15) is 33.6 Å². The molecule has 0 aliphatic rings. The summed E-state index contributed by atoms with van der Waals surface area (Å²) in [7, 11) is 0. The van der Waals surface area contributed by atoms with Crippen molar-refractivity contribution in [3.05, 3.63) is 48.5 Å². The largest absolute Gasteiger partial charge is 0.427 e. The monoisotopic (exact) mass is 326 g/mol. The molecule has 0 aromatic heterocycles. The van der Waals surface area contributed by atoms with Crippen molar-refractivity contribution >= 4 is 11.9 Å². The third kappa shape index (κ3) is 4.69. The molecule has 24 heavy (non-hydrogen) atoms. The molecule has 0 bridgehead atoms. The first-order valence-electron chi connectivity index (χ1n) is 8.16. The van der Waals surface area contributed by atoms with E-state index >= 15 is 0 Å². The van der Waals surface area contributed by atoms with Gasteiger partial charge < -0.3 is 9.47 Å².